The van der Waals surface area contributed by atoms with Gasteiger partial charge in [-0.2, -0.15) is 0 Å². The smallest absolute Gasteiger partial charge is 0.234 e. The van der Waals surface area contributed by atoms with E-state index in [4.69, 9.17) is 4.98 Å². The van der Waals surface area contributed by atoms with Crippen LogP contribution >= 0.6 is 11.8 Å². The van der Waals surface area contributed by atoms with Crippen LogP contribution in [0.4, 0.5) is 5.69 Å². The highest BCUT2D eigenvalue weighted by molar-refractivity contribution is 8.00. The first-order valence-corrected chi connectivity index (χ1v) is 10.3. The summed E-state index contributed by atoms with van der Waals surface area (Å²) in [5.74, 6) is 0.354. The minimum absolute atomic E-state index is 0.00300. The normalized spacial score (nSPS) is 11.0. The van der Waals surface area contributed by atoms with Gasteiger partial charge >= 0.3 is 0 Å². The van der Waals surface area contributed by atoms with Crippen LogP contribution in [0.3, 0.4) is 0 Å². The number of amides is 1. The van der Waals surface area contributed by atoms with Gasteiger partial charge in [-0.15, -0.1) is 0 Å². The van der Waals surface area contributed by atoms with Crippen LogP contribution in [0.5, 0.6) is 0 Å². The molecule has 0 aliphatic carbocycles. The van der Waals surface area contributed by atoms with Gasteiger partial charge in [0, 0.05) is 11.1 Å². The van der Waals surface area contributed by atoms with Crippen LogP contribution in [-0.4, -0.2) is 16.6 Å². The number of nitrogens with one attached hydrogen (secondary N) is 1. The number of anilines is 1. The van der Waals surface area contributed by atoms with Gasteiger partial charge in [0.2, 0.25) is 5.91 Å². The van der Waals surface area contributed by atoms with E-state index < -0.39 is 0 Å². The molecule has 0 radical (unpaired) electrons. The third kappa shape index (κ3) is 4.51. The average Bonchev–Trinajstić information content (AvgIpc) is 2.62. The van der Waals surface area contributed by atoms with E-state index in [1.807, 2.05) is 13.8 Å². The summed E-state index contributed by atoms with van der Waals surface area (Å²) < 4.78 is 0. The number of pyridine rings is 1. The Bertz CT molecular complexity index is 988. The lowest BCUT2D eigenvalue weighted by molar-refractivity contribution is -0.113. The van der Waals surface area contributed by atoms with Crippen LogP contribution in [0.15, 0.2) is 41.4 Å². The Labute approximate surface area is 165 Å². The fraction of sp³-hybridized carbons (Fsp3) is 0.304. The van der Waals surface area contributed by atoms with E-state index in [0.29, 0.717) is 5.75 Å². The maximum atomic E-state index is 12.5. The first-order valence-electron chi connectivity index (χ1n) is 9.28. The lowest BCUT2D eigenvalue weighted by Gasteiger charge is -2.13. The number of thioether (sulfide) groups is 1. The minimum Gasteiger partial charge on any atom is -0.325 e. The Hall–Kier alpha value is -2.33. The molecule has 0 spiro atoms. The molecule has 0 unspecified atom stereocenters. The van der Waals surface area contributed by atoms with Crippen molar-refractivity contribution in [1.82, 2.24) is 4.98 Å². The van der Waals surface area contributed by atoms with Gasteiger partial charge in [-0.25, -0.2) is 4.98 Å². The number of aromatic nitrogens is 1. The molecule has 2 aromatic carbocycles. The molecule has 0 aliphatic rings. The second kappa shape index (κ2) is 8.13. The van der Waals surface area contributed by atoms with Crippen molar-refractivity contribution in [2.45, 2.75) is 46.1 Å². The van der Waals surface area contributed by atoms with E-state index in [0.717, 1.165) is 39.2 Å². The molecular weight excluding hydrogens is 352 g/mol. The van der Waals surface area contributed by atoms with E-state index in [1.54, 1.807) is 0 Å². The highest BCUT2D eigenvalue weighted by Crippen LogP contribution is 2.27. The lowest BCUT2D eigenvalue weighted by Crippen LogP contribution is -2.16. The van der Waals surface area contributed by atoms with E-state index in [-0.39, 0.29) is 5.91 Å². The zero-order valence-electron chi connectivity index (χ0n) is 16.6. The number of fused-ring (bicyclic) bond motifs is 1. The number of rotatable bonds is 5. The molecule has 1 amide bonds. The molecule has 0 saturated heterocycles. The molecule has 0 fully saturated rings. The highest BCUT2D eigenvalue weighted by atomic mass is 32.2. The van der Waals surface area contributed by atoms with Crippen LogP contribution in [0.2, 0.25) is 0 Å². The van der Waals surface area contributed by atoms with Crippen molar-refractivity contribution in [3.05, 3.63) is 64.2 Å². The van der Waals surface area contributed by atoms with Crippen molar-refractivity contribution < 1.29 is 4.79 Å². The lowest BCUT2D eigenvalue weighted by atomic mass is 10.1. The van der Waals surface area contributed by atoms with Gasteiger partial charge < -0.3 is 5.32 Å². The first-order chi connectivity index (χ1) is 12.9. The van der Waals surface area contributed by atoms with Gasteiger partial charge in [-0.1, -0.05) is 48.5 Å². The number of nitrogens with zero attached hydrogens (tertiary/aromatic N) is 1. The molecule has 140 valence electrons. The second-order valence-corrected chi connectivity index (χ2v) is 8.08. The fourth-order valence-electron chi connectivity index (χ4n) is 3.37. The summed E-state index contributed by atoms with van der Waals surface area (Å²) in [5.41, 5.74) is 7.69. The number of hydrogen-bond donors (Lipinski definition) is 1. The maximum Gasteiger partial charge on any atom is 0.234 e. The van der Waals surface area contributed by atoms with E-state index in [1.165, 1.54) is 28.5 Å². The van der Waals surface area contributed by atoms with Gasteiger partial charge in [-0.3, -0.25) is 4.79 Å². The van der Waals surface area contributed by atoms with Gasteiger partial charge in [-0.05, 0) is 68.5 Å². The average molecular weight is 379 g/mol. The topological polar surface area (TPSA) is 42.0 Å². The molecule has 3 aromatic rings. The van der Waals surface area contributed by atoms with Gasteiger partial charge in [0.15, 0.2) is 0 Å². The largest absolute Gasteiger partial charge is 0.325 e. The molecule has 4 heteroatoms. The van der Waals surface area contributed by atoms with Gasteiger partial charge in [0.05, 0.1) is 11.3 Å². The quantitative estimate of drug-likeness (QED) is 0.574. The number of carbonyl (C=O) groups is 1. The van der Waals surface area contributed by atoms with Crippen molar-refractivity contribution in [2.75, 3.05) is 11.1 Å². The molecule has 1 heterocycles. The summed E-state index contributed by atoms with van der Waals surface area (Å²) in [6.07, 6.45) is 0.900. The molecular formula is C23H26N2OS. The first kappa shape index (κ1) is 19.4. The predicted molar refractivity (Wildman–Crippen MR) is 116 cm³/mol. The zero-order chi connectivity index (χ0) is 19.6. The van der Waals surface area contributed by atoms with E-state index in [9.17, 15) is 4.79 Å². The summed E-state index contributed by atoms with van der Waals surface area (Å²) >= 11 is 1.51. The van der Waals surface area contributed by atoms with Crippen LogP contribution < -0.4 is 5.32 Å². The summed E-state index contributed by atoms with van der Waals surface area (Å²) in [4.78, 5) is 17.3. The Morgan fingerprint density at radius 1 is 1.00 bits per heavy atom. The molecule has 1 N–H and O–H groups in total. The van der Waals surface area contributed by atoms with Gasteiger partial charge in [0.25, 0.3) is 0 Å². The summed E-state index contributed by atoms with van der Waals surface area (Å²) in [6, 6.07) is 12.7. The number of carbonyl (C=O) groups excluding carboxylic acids is 1. The molecule has 0 saturated carbocycles. The molecule has 0 bridgehead atoms. The number of benzene rings is 2. The van der Waals surface area contributed by atoms with E-state index in [2.05, 4.69) is 62.5 Å². The maximum absolute atomic E-state index is 12.5. The molecule has 1 aromatic heterocycles. The van der Waals surface area contributed by atoms with Crippen molar-refractivity contribution >= 4 is 34.3 Å². The second-order valence-electron chi connectivity index (χ2n) is 7.11. The molecule has 27 heavy (non-hydrogen) atoms. The monoisotopic (exact) mass is 378 g/mol. The SMILES string of the molecule is CCc1cc2ccc(C)cc2nc1SCC(=O)Nc1c(C)cc(C)cc1C. The Morgan fingerprint density at radius 2 is 1.70 bits per heavy atom. The standard InChI is InChI=1S/C23H26N2OS/c1-6-18-12-19-8-7-14(2)11-20(19)24-23(18)27-13-21(26)25-22-16(4)9-15(3)10-17(22)5/h7-12H,6,13H2,1-5H3,(H,25,26). The number of aryl methyl sites for hydroxylation is 5. The number of hydrogen-bond acceptors (Lipinski definition) is 3. The van der Waals surface area contributed by atoms with E-state index >= 15 is 0 Å². The fourth-order valence-corrected chi connectivity index (χ4v) is 4.26. The third-order valence-corrected chi connectivity index (χ3v) is 5.71. The molecule has 3 rings (SSSR count). The van der Waals surface area contributed by atoms with Crippen LogP contribution in [0.25, 0.3) is 10.9 Å². The predicted octanol–water partition coefficient (Wildman–Crippen LogP) is 5.76. The van der Waals surface area contributed by atoms with Crippen LogP contribution in [-0.2, 0) is 11.2 Å². The van der Waals surface area contributed by atoms with Crippen molar-refractivity contribution in [3.8, 4) is 0 Å². The molecule has 3 nitrogen and oxygen atoms in total. The summed E-state index contributed by atoms with van der Waals surface area (Å²) in [7, 11) is 0. The van der Waals surface area contributed by atoms with Crippen molar-refractivity contribution in [3.63, 3.8) is 0 Å². The van der Waals surface area contributed by atoms with Gasteiger partial charge in [0.1, 0.15) is 5.03 Å². The third-order valence-electron chi connectivity index (χ3n) is 4.67. The van der Waals surface area contributed by atoms with Crippen LogP contribution in [0, 0.1) is 27.7 Å². The highest BCUT2D eigenvalue weighted by Gasteiger charge is 2.12. The molecule has 0 atom stereocenters. The molecule has 0 aliphatic heterocycles. The van der Waals surface area contributed by atoms with Crippen molar-refractivity contribution in [1.29, 1.82) is 0 Å². The van der Waals surface area contributed by atoms with Crippen molar-refractivity contribution in [2.24, 2.45) is 0 Å². The Morgan fingerprint density at radius 3 is 2.37 bits per heavy atom. The zero-order valence-corrected chi connectivity index (χ0v) is 17.5. The Kier molecular flexibility index (Phi) is 5.85. The summed E-state index contributed by atoms with van der Waals surface area (Å²) in [5, 5.41) is 5.17. The van der Waals surface area contributed by atoms with Crippen LogP contribution in [0.1, 0.15) is 34.7 Å². The Balaban J connectivity index is 1.77. The summed E-state index contributed by atoms with van der Waals surface area (Å²) in [6.45, 7) is 10.3. The minimum atomic E-state index is 0.00300.